The van der Waals surface area contributed by atoms with E-state index in [-0.39, 0.29) is 17.8 Å². The molecule has 90 valence electrons. The van der Waals surface area contributed by atoms with Gasteiger partial charge >= 0.3 is 5.97 Å². The SMILES string of the molecule is COC(=O)C(c1ccc2ncoc2c1)C(C)C. The molecule has 2 rings (SSSR count). The number of fused-ring (bicyclic) bond motifs is 1. The Hall–Kier alpha value is -1.84. The van der Waals surface area contributed by atoms with Gasteiger partial charge in [0.1, 0.15) is 5.52 Å². The minimum atomic E-state index is -0.269. The van der Waals surface area contributed by atoms with Crippen molar-refractivity contribution >= 4 is 17.1 Å². The summed E-state index contributed by atoms with van der Waals surface area (Å²) in [4.78, 5) is 15.8. The topological polar surface area (TPSA) is 52.3 Å². The van der Waals surface area contributed by atoms with Crippen molar-refractivity contribution in [3.8, 4) is 0 Å². The Kier molecular flexibility index (Phi) is 3.13. The van der Waals surface area contributed by atoms with E-state index < -0.39 is 0 Å². The molecule has 1 atom stereocenters. The summed E-state index contributed by atoms with van der Waals surface area (Å²) in [6.45, 7) is 3.98. The van der Waals surface area contributed by atoms with Crippen molar-refractivity contribution in [1.82, 2.24) is 4.98 Å². The molecule has 0 spiro atoms. The Morgan fingerprint density at radius 1 is 1.41 bits per heavy atom. The molecule has 0 saturated carbocycles. The lowest BCUT2D eigenvalue weighted by molar-refractivity contribution is -0.143. The normalized spacial score (nSPS) is 12.9. The van der Waals surface area contributed by atoms with E-state index in [2.05, 4.69) is 4.98 Å². The zero-order chi connectivity index (χ0) is 12.4. The Bertz CT molecular complexity index is 530. The summed E-state index contributed by atoms with van der Waals surface area (Å²) in [6, 6.07) is 5.60. The molecule has 1 heterocycles. The number of hydrogen-bond acceptors (Lipinski definition) is 4. The van der Waals surface area contributed by atoms with Crippen LogP contribution in [0.15, 0.2) is 29.0 Å². The van der Waals surface area contributed by atoms with Crippen LogP contribution >= 0.6 is 0 Å². The first-order valence-electron chi connectivity index (χ1n) is 5.54. The van der Waals surface area contributed by atoms with Gasteiger partial charge in [0.25, 0.3) is 0 Å². The number of nitrogens with zero attached hydrogens (tertiary/aromatic N) is 1. The van der Waals surface area contributed by atoms with Gasteiger partial charge in [0, 0.05) is 0 Å². The molecule has 4 nitrogen and oxygen atoms in total. The van der Waals surface area contributed by atoms with Gasteiger partial charge in [0.15, 0.2) is 12.0 Å². The van der Waals surface area contributed by atoms with Gasteiger partial charge in [-0.3, -0.25) is 4.79 Å². The van der Waals surface area contributed by atoms with Crippen molar-refractivity contribution < 1.29 is 13.9 Å². The maximum Gasteiger partial charge on any atom is 0.313 e. The van der Waals surface area contributed by atoms with Crippen LogP contribution in [0.1, 0.15) is 25.3 Å². The standard InChI is InChI=1S/C13H15NO3/c1-8(2)12(13(15)16-3)9-4-5-10-11(6-9)17-7-14-10/h4-8,12H,1-3H3. The number of methoxy groups -OCH3 is 1. The molecule has 0 amide bonds. The van der Waals surface area contributed by atoms with E-state index in [1.165, 1.54) is 13.5 Å². The molecule has 0 bridgehead atoms. The molecule has 1 aromatic carbocycles. The fraction of sp³-hybridized carbons (Fsp3) is 0.385. The fourth-order valence-corrected chi connectivity index (χ4v) is 1.99. The maximum atomic E-state index is 11.8. The number of benzene rings is 1. The van der Waals surface area contributed by atoms with Crippen molar-refractivity contribution in [3.05, 3.63) is 30.2 Å². The molecule has 4 heteroatoms. The molecule has 0 aliphatic carbocycles. The van der Waals surface area contributed by atoms with Crippen LogP contribution in [0.3, 0.4) is 0 Å². The third-order valence-corrected chi connectivity index (χ3v) is 2.84. The minimum absolute atomic E-state index is 0.169. The Morgan fingerprint density at radius 2 is 2.18 bits per heavy atom. The molecule has 0 saturated heterocycles. The molecule has 0 radical (unpaired) electrons. The van der Waals surface area contributed by atoms with Gasteiger partial charge in [0.2, 0.25) is 0 Å². The van der Waals surface area contributed by atoms with Gasteiger partial charge in [-0.05, 0) is 23.6 Å². The summed E-state index contributed by atoms with van der Waals surface area (Å²) in [6.07, 6.45) is 1.40. The van der Waals surface area contributed by atoms with E-state index in [0.717, 1.165) is 11.1 Å². The number of aromatic nitrogens is 1. The van der Waals surface area contributed by atoms with Gasteiger partial charge in [-0.1, -0.05) is 19.9 Å². The summed E-state index contributed by atoms with van der Waals surface area (Å²) in [5.74, 6) is -0.323. The largest absolute Gasteiger partial charge is 0.469 e. The summed E-state index contributed by atoms with van der Waals surface area (Å²) in [5, 5.41) is 0. The predicted octanol–water partition coefficient (Wildman–Crippen LogP) is 2.74. The van der Waals surface area contributed by atoms with Crippen molar-refractivity contribution in [2.45, 2.75) is 19.8 Å². The third-order valence-electron chi connectivity index (χ3n) is 2.84. The number of rotatable bonds is 3. The number of oxazole rings is 1. The molecule has 17 heavy (non-hydrogen) atoms. The lowest BCUT2D eigenvalue weighted by atomic mass is 9.88. The van der Waals surface area contributed by atoms with Crippen molar-refractivity contribution in [2.75, 3.05) is 7.11 Å². The number of esters is 1. The molecule has 0 N–H and O–H groups in total. The summed E-state index contributed by atoms with van der Waals surface area (Å²) < 4.78 is 10.1. The smallest absolute Gasteiger partial charge is 0.313 e. The zero-order valence-electron chi connectivity index (χ0n) is 10.1. The van der Waals surface area contributed by atoms with Crippen LogP contribution in [-0.4, -0.2) is 18.1 Å². The van der Waals surface area contributed by atoms with Crippen LogP contribution < -0.4 is 0 Å². The summed E-state index contributed by atoms with van der Waals surface area (Å²) in [7, 11) is 1.41. The molecular formula is C13H15NO3. The fourth-order valence-electron chi connectivity index (χ4n) is 1.99. The second kappa shape index (κ2) is 4.57. The second-order valence-electron chi connectivity index (χ2n) is 4.32. The van der Waals surface area contributed by atoms with Crippen molar-refractivity contribution in [3.63, 3.8) is 0 Å². The van der Waals surface area contributed by atoms with E-state index >= 15 is 0 Å². The first kappa shape index (κ1) is 11.6. The molecule has 1 aromatic heterocycles. The lowest BCUT2D eigenvalue weighted by Crippen LogP contribution is -2.19. The Labute approximate surface area is 99.6 Å². The van der Waals surface area contributed by atoms with E-state index in [1.54, 1.807) is 0 Å². The second-order valence-corrected chi connectivity index (χ2v) is 4.32. The molecule has 0 aliphatic heterocycles. The number of hydrogen-bond donors (Lipinski definition) is 0. The van der Waals surface area contributed by atoms with Crippen LogP contribution in [0.25, 0.3) is 11.1 Å². The first-order chi connectivity index (χ1) is 8.13. The van der Waals surface area contributed by atoms with Gasteiger partial charge < -0.3 is 9.15 Å². The molecular weight excluding hydrogens is 218 g/mol. The zero-order valence-corrected chi connectivity index (χ0v) is 10.1. The van der Waals surface area contributed by atoms with Gasteiger partial charge in [-0.25, -0.2) is 4.98 Å². The number of carbonyl (C=O) groups is 1. The molecule has 1 unspecified atom stereocenters. The Morgan fingerprint density at radius 3 is 2.82 bits per heavy atom. The Balaban J connectivity index is 2.44. The highest BCUT2D eigenvalue weighted by Crippen LogP contribution is 2.28. The van der Waals surface area contributed by atoms with E-state index in [9.17, 15) is 4.79 Å². The van der Waals surface area contributed by atoms with Crippen LogP contribution in [0, 0.1) is 5.92 Å². The molecule has 2 aromatic rings. The van der Waals surface area contributed by atoms with Crippen LogP contribution in [-0.2, 0) is 9.53 Å². The molecule has 0 fully saturated rings. The maximum absolute atomic E-state index is 11.8. The lowest BCUT2D eigenvalue weighted by Gasteiger charge is -2.18. The minimum Gasteiger partial charge on any atom is -0.469 e. The third kappa shape index (κ3) is 2.16. The van der Waals surface area contributed by atoms with Gasteiger partial charge in [-0.15, -0.1) is 0 Å². The van der Waals surface area contributed by atoms with Crippen LogP contribution in [0.5, 0.6) is 0 Å². The average Bonchev–Trinajstić information content (AvgIpc) is 2.75. The highest BCUT2D eigenvalue weighted by molar-refractivity contribution is 5.81. The molecule has 0 aliphatic rings. The number of ether oxygens (including phenoxy) is 1. The van der Waals surface area contributed by atoms with E-state index in [0.29, 0.717) is 5.58 Å². The quantitative estimate of drug-likeness (QED) is 0.765. The van der Waals surface area contributed by atoms with Crippen molar-refractivity contribution in [2.24, 2.45) is 5.92 Å². The average molecular weight is 233 g/mol. The van der Waals surface area contributed by atoms with Gasteiger partial charge in [-0.2, -0.15) is 0 Å². The summed E-state index contributed by atoms with van der Waals surface area (Å²) >= 11 is 0. The van der Waals surface area contributed by atoms with Crippen molar-refractivity contribution in [1.29, 1.82) is 0 Å². The highest BCUT2D eigenvalue weighted by atomic mass is 16.5. The predicted molar refractivity (Wildman–Crippen MR) is 63.6 cm³/mol. The van der Waals surface area contributed by atoms with Crippen LogP contribution in [0.4, 0.5) is 0 Å². The van der Waals surface area contributed by atoms with Gasteiger partial charge in [0.05, 0.1) is 13.0 Å². The van der Waals surface area contributed by atoms with E-state index in [4.69, 9.17) is 9.15 Å². The monoisotopic (exact) mass is 233 g/mol. The highest BCUT2D eigenvalue weighted by Gasteiger charge is 2.25. The van der Waals surface area contributed by atoms with Crippen LogP contribution in [0.2, 0.25) is 0 Å². The van der Waals surface area contributed by atoms with E-state index in [1.807, 2.05) is 32.0 Å². The summed E-state index contributed by atoms with van der Waals surface area (Å²) in [5.41, 5.74) is 2.38. The first-order valence-corrected chi connectivity index (χ1v) is 5.54. The number of carbonyl (C=O) groups excluding carboxylic acids is 1.